The Balaban J connectivity index is 1.78. The van der Waals surface area contributed by atoms with Crippen molar-refractivity contribution in [1.29, 1.82) is 0 Å². The minimum atomic E-state index is -0.234. The number of anilines is 2. The zero-order valence-corrected chi connectivity index (χ0v) is 14.7. The van der Waals surface area contributed by atoms with Gasteiger partial charge in [0.15, 0.2) is 0 Å². The molecule has 0 aliphatic carbocycles. The molecule has 0 fully saturated rings. The molecule has 0 atom stereocenters. The van der Waals surface area contributed by atoms with E-state index in [0.29, 0.717) is 22.6 Å². The summed E-state index contributed by atoms with van der Waals surface area (Å²) in [6, 6.07) is 14.6. The number of carbonyl (C=O) groups excluding carboxylic acids is 2. The molecule has 0 saturated heterocycles. The minimum Gasteiger partial charge on any atom is -0.326 e. The fourth-order valence-electron chi connectivity index (χ4n) is 2.44. The van der Waals surface area contributed by atoms with Crippen molar-refractivity contribution in [2.45, 2.75) is 13.8 Å². The second-order valence-electron chi connectivity index (χ2n) is 5.52. The summed E-state index contributed by atoms with van der Waals surface area (Å²) < 4.78 is 0. The summed E-state index contributed by atoms with van der Waals surface area (Å²) in [6.45, 7) is 3.26. The van der Waals surface area contributed by atoms with Crippen molar-refractivity contribution in [1.82, 2.24) is 4.98 Å². The standard InChI is InChI=1S/C19H17N3O2S/c1-12-16(8-9-17(20-12)18-7-4-10-25-18)19(24)22-15-6-3-5-14(11-15)21-13(2)23/h3-11H,1-2H3,(H,21,23)(H,22,24). The molecule has 2 aromatic heterocycles. The zero-order chi connectivity index (χ0) is 17.8. The van der Waals surface area contributed by atoms with Gasteiger partial charge in [0.1, 0.15) is 0 Å². The molecular formula is C19H17N3O2S. The van der Waals surface area contributed by atoms with Gasteiger partial charge in [-0.1, -0.05) is 12.1 Å². The van der Waals surface area contributed by atoms with E-state index in [2.05, 4.69) is 15.6 Å². The maximum Gasteiger partial charge on any atom is 0.257 e. The van der Waals surface area contributed by atoms with E-state index in [4.69, 9.17) is 0 Å². The van der Waals surface area contributed by atoms with Crippen LogP contribution in [0.3, 0.4) is 0 Å². The van der Waals surface area contributed by atoms with Crippen LogP contribution in [0.2, 0.25) is 0 Å². The smallest absolute Gasteiger partial charge is 0.257 e. The highest BCUT2D eigenvalue weighted by atomic mass is 32.1. The van der Waals surface area contributed by atoms with Crippen molar-refractivity contribution >= 4 is 34.5 Å². The molecule has 2 heterocycles. The van der Waals surface area contributed by atoms with Gasteiger partial charge in [0.05, 0.1) is 21.8 Å². The maximum absolute atomic E-state index is 12.5. The van der Waals surface area contributed by atoms with Gasteiger partial charge in [-0.15, -0.1) is 11.3 Å². The Kier molecular flexibility index (Phi) is 4.90. The number of aromatic nitrogens is 1. The van der Waals surface area contributed by atoms with E-state index in [1.807, 2.05) is 30.5 Å². The fourth-order valence-corrected chi connectivity index (χ4v) is 3.13. The summed E-state index contributed by atoms with van der Waals surface area (Å²) >= 11 is 1.61. The summed E-state index contributed by atoms with van der Waals surface area (Å²) in [7, 11) is 0. The molecule has 25 heavy (non-hydrogen) atoms. The van der Waals surface area contributed by atoms with Crippen LogP contribution in [0.5, 0.6) is 0 Å². The third-order valence-electron chi connectivity index (χ3n) is 3.54. The predicted molar refractivity (Wildman–Crippen MR) is 101 cm³/mol. The zero-order valence-electron chi connectivity index (χ0n) is 13.9. The van der Waals surface area contributed by atoms with E-state index in [9.17, 15) is 9.59 Å². The van der Waals surface area contributed by atoms with Gasteiger partial charge in [0.25, 0.3) is 5.91 Å². The van der Waals surface area contributed by atoms with Crippen LogP contribution in [0.4, 0.5) is 11.4 Å². The van der Waals surface area contributed by atoms with Gasteiger partial charge in [-0.25, -0.2) is 0 Å². The Bertz CT molecular complexity index is 920. The lowest BCUT2D eigenvalue weighted by molar-refractivity contribution is -0.114. The molecule has 0 aliphatic heterocycles. The Morgan fingerprint density at radius 2 is 1.76 bits per heavy atom. The van der Waals surface area contributed by atoms with Gasteiger partial charge in [-0.3, -0.25) is 14.6 Å². The van der Waals surface area contributed by atoms with E-state index in [-0.39, 0.29) is 11.8 Å². The first kappa shape index (κ1) is 16.9. The third-order valence-corrected chi connectivity index (χ3v) is 4.44. The highest BCUT2D eigenvalue weighted by Crippen LogP contribution is 2.24. The summed E-state index contributed by atoms with van der Waals surface area (Å²) in [6.07, 6.45) is 0. The van der Waals surface area contributed by atoms with Crippen molar-refractivity contribution in [3.63, 3.8) is 0 Å². The first-order chi connectivity index (χ1) is 12.0. The van der Waals surface area contributed by atoms with Crippen LogP contribution < -0.4 is 10.6 Å². The van der Waals surface area contributed by atoms with Crippen molar-refractivity contribution in [2.24, 2.45) is 0 Å². The number of thiophene rings is 1. The van der Waals surface area contributed by atoms with Gasteiger partial charge in [0, 0.05) is 18.3 Å². The number of hydrogen-bond donors (Lipinski definition) is 2. The Morgan fingerprint density at radius 1 is 1.00 bits per heavy atom. The Labute approximate surface area is 149 Å². The second-order valence-corrected chi connectivity index (χ2v) is 6.47. The first-order valence-electron chi connectivity index (χ1n) is 7.73. The third kappa shape index (κ3) is 4.10. The lowest BCUT2D eigenvalue weighted by Gasteiger charge is -2.10. The SMILES string of the molecule is CC(=O)Nc1cccc(NC(=O)c2ccc(-c3cccs3)nc2C)c1. The first-order valence-corrected chi connectivity index (χ1v) is 8.61. The summed E-state index contributed by atoms with van der Waals surface area (Å²) in [5, 5.41) is 7.53. The van der Waals surface area contributed by atoms with Gasteiger partial charge >= 0.3 is 0 Å². The van der Waals surface area contributed by atoms with E-state index in [0.717, 1.165) is 10.6 Å². The van der Waals surface area contributed by atoms with Crippen molar-refractivity contribution in [3.05, 3.63) is 65.2 Å². The molecule has 6 heteroatoms. The molecule has 0 radical (unpaired) electrons. The summed E-state index contributed by atoms with van der Waals surface area (Å²) in [4.78, 5) is 29.3. The highest BCUT2D eigenvalue weighted by molar-refractivity contribution is 7.13. The summed E-state index contributed by atoms with van der Waals surface area (Å²) in [5.74, 6) is -0.393. The molecule has 1 aromatic carbocycles. The van der Waals surface area contributed by atoms with Gasteiger partial charge in [-0.2, -0.15) is 0 Å². The topological polar surface area (TPSA) is 71.1 Å². The molecule has 0 saturated carbocycles. The normalized spacial score (nSPS) is 10.3. The van der Waals surface area contributed by atoms with Crippen LogP contribution in [-0.2, 0) is 4.79 Å². The number of pyridine rings is 1. The lowest BCUT2D eigenvalue weighted by atomic mass is 10.1. The number of nitrogens with one attached hydrogen (secondary N) is 2. The minimum absolute atomic E-state index is 0.160. The van der Waals surface area contributed by atoms with Gasteiger partial charge in [-0.05, 0) is 48.7 Å². The van der Waals surface area contributed by atoms with Gasteiger partial charge in [0.2, 0.25) is 5.91 Å². The number of amides is 2. The van der Waals surface area contributed by atoms with Crippen molar-refractivity contribution in [2.75, 3.05) is 10.6 Å². The molecule has 2 N–H and O–H groups in total. The molecule has 0 aliphatic rings. The number of hydrogen-bond acceptors (Lipinski definition) is 4. The molecule has 0 unspecified atom stereocenters. The van der Waals surface area contributed by atoms with E-state index < -0.39 is 0 Å². The van der Waals surface area contributed by atoms with Crippen LogP contribution >= 0.6 is 11.3 Å². The number of aryl methyl sites for hydroxylation is 1. The van der Waals surface area contributed by atoms with Crippen LogP contribution in [-0.4, -0.2) is 16.8 Å². The van der Waals surface area contributed by atoms with E-state index >= 15 is 0 Å². The van der Waals surface area contributed by atoms with E-state index in [1.54, 1.807) is 41.7 Å². The molecular weight excluding hydrogens is 334 g/mol. The lowest BCUT2D eigenvalue weighted by Crippen LogP contribution is -2.14. The van der Waals surface area contributed by atoms with Crippen LogP contribution in [0, 0.1) is 6.92 Å². The predicted octanol–water partition coefficient (Wildman–Crippen LogP) is 4.33. The number of carbonyl (C=O) groups is 2. The number of nitrogens with zero attached hydrogens (tertiary/aromatic N) is 1. The summed E-state index contributed by atoms with van der Waals surface area (Å²) in [5.41, 5.74) is 3.29. The fraction of sp³-hybridized carbons (Fsp3) is 0.105. The average molecular weight is 351 g/mol. The van der Waals surface area contributed by atoms with Crippen LogP contribution in [0.1, 0.15) is 23.0 Å². The van der Waals surface area contributed by atoms with E-state index in [1.165, 1.54) is 6.92 Å². The van der Waals surface area contributed by atoms with Crippen LogP contribution in [0.25, 0.3) is 10.6 Å². The monoisotopic (exact) mass is 351 g/mol. The quantitative estimate of drug-likeness (QED) is 0.735. The molecule has 3 rings (SSSR count). The molecule has 2 amide bonds. The largest absolute Gasteiger partial charge is 0.326 e. The van der Waals surface area contributed by atoms with Crippen LogP contribution in [0.15, 0.2) is 53.9 Å². The number of rotatable bonds is 4. The highest BCUT2D eigenvalue weighted by Gasteiger charge is 2.12. The average Bonchev–Trinajstić information content (AvgIpc) is 3.08. The Morgan fingerprint density at radius 3 is 2.40 bits per heavy atom. The second kappa shape index (κ2) is 7.27. The molecule has 3 aromatic rings. The molecule has 126 valence electrons. The molecule has 5 nitrogen and oxygen atoms in total. The van der Waals surface area contributed by atoms with Crippen molar-refractivity contribution in [3.8, 4) is 10.6 Å². The molecule has 0 spiro atoms. The van der Waals surface area contributed by atoms with Gasteiger partial charge < -0.3 is 10.6 Å². The Hall–Kier alpha value is -2.99. The molecule has 0 bridgehead atoms. The number of benzene rings is 1. The van der Waals surface area contributed by atoms with Crippen molar-refractivity contribution < 1.29 is 9.59 Å². The maximum atomic E-state index is 12.5.